The molecule has 7 heteroatoms. The second kappa shape index (κ2) is 12.5. The molecule has 0 radical (unpaired) electrons. The van der Waals surface area contributed by atoms with Gasteiger partial charge in [0.15, 0.2) is 5.96 Å². The molecule has 2 N–H and O–H groups in total. The minimum atomic E-state index is 0.501. The zero-order valence-corrected chi connectivity index (χ0v) is 17.1. The molecule has 0 aliphatic rings. The summed E-state index contributed by atoms with van der Waals surface area (Å²) >= 11 is 0. The standard InChI is InChI=1S/C19H35N5O2/c1-15(2)24(16(3)4)10-9-21-19(20-5)23-14-17-7-8-18(22-13-17)26-12-11-25-6/h7-8,13,15-16H,9-12,14H2,1-6H3,(H2,20,21,23). The Morgan fingerprint density at radius 3 is 2.42 bits per heavy atom. The number of aromatic nitrogens is 1. The van der Waals surface area contributed by atoms with E-state index in [1.807, 2.05) is 18.3 Å². The Hall–Kier alpha value is -1.86. The van der Waals surface area contributed by atoms with Crippen LogP contribution >= 0.6 is 0 Å². The van der Waals surface area contributed by atoms with Gasteiger partial charge in [-0.2, -0.15) is 0 Å². The van der Waals surface area contributed by atoms with Crippen LogP contribution in [0.5, 0.6) is 5.88 Å². The molecule has 148 valence electrons. The van der Waals surface area contributed by atoms with Gasteiger partial charge in [-0.3, -0.25) is 9.89 Å². The maximum atomic E-state index is 5.46. The van der Waals surface area contributed by atoms with Crippen LogP contribution in [0.1, 0.15) is 33.3 Å². The molecular weight excluding hydrogens is 330 g/mol. The van der Waals surface area contributed by atoms with Crippen LogP contribution in [-0.2, 0) is 11.3 Å². The van der Waals surface area contributed by atoms with Crippen molar-refractivity contribution in [1.29, 1.82) is 0 Å². The molecule has 26 heavy (non-hydrogen) atoms. The largest absolute Gasteiger partial charge is 0.475 e. The molecule has 0 aliphatic carbocycles. The van der Waals surface area contributed by atoms with Crippen molar-refractivity contribution in [1.82, 2.24) is 20.5 Å². The third-order valence-corrected chi connectivity index (χ3v) is 4.01. The number of methoxy groups -OCH3 is 1. The number of aliphatic imine (C=N–C) groups is 1. The molecule has 0 saturated carbocycles. The van der Waals surface area contributed by atoms with E-state index in [4.69, 9.17) is 9.47 Å². The van der Waals surface area contributed by atoms with Gasteiger partial charge < -0.3 is 20.1 Å². The molecular formula is C19H35N5O2. The minimum Gasteiger partial charge on any atom is -0.475 e. The maximum absolute atomic E-state index is 5.46. The Labute approximate surface area is 158 Å². The fourth-order valence-corrected chi connectivity index (χ4v) is 2.65. The molecule has 7 nitrogen and oxygen atoms in total. The number of rotatable bonds is 11. The average Bonchev–Trinajstić information content (AvgIpc) is 2.61. The Morgan fingerprint density at radius 2 is 1.88 bits per heavy atom. The third-order valence-electron chi connectivity index (χ3n) is 4.01. The summed E-state index contributed by atoms with van der Waals surface area (Å²) < 4.78 is 10.4. The molecule has 1 aromatic heterocycles. The van der Waals surface area contributed by atoms with Gasteiger partial charge in [0.2, 0.25) is 5.88 Å². The van der Waals surface area contributed by atoms with Crippen molar-refractivity contribution >= 4 is 5.96 Å². The van der Waals surface area contributed by atoms with Gasteiger partial charge in [0.25, 0.3) is 0 Å². The van der Waals surface area contributed by atoms with Crippen molar-refractivity contribution < 1.29 is 9.47 Å². The van der Waals surface area contributed by atoms with Gasteiger partial charge >= 0.3 is 0 Å². The summed E-state index contributed by atoms with van der Waals surface area (Å²) in [6, 6.07) is 4.92. The van der Waals surface area contributed by atoms with E-state index in [0.717, 1.165) is 24.6 Å². The van der Waals surface area contributed by atoms with E-state index < -0.39 is 0 Å². The smallest absolute Gasteiger partial charge is 0.213 e. The van der Waals surface area contributed by atoms with Crippen LogP contribution in [-0.4, -0.2) is 68.4 Å². The molecule has 0 aliphatic heterocycles. The van der Waals surface area contributed by atoms with Gasteiger partial charge in [-0.05, 0) is 33.3 Å². The molecule has 0 atom stereocenters. The SMILES string of the molecule is CN=C(NCCN(C(C)C)C(C)C)NCc1ccc(OCCOC)nc1. The van der Waals surface area contributed by atoms with E-state index >= 15 is 0 Å². The van der Waals surface area contributed by atoms with Gasteiger partial charge in [-0.25, -0.2) is 4.98 Å². The lowest BCUT2D eigenvalue weighted by atomic mass is 10.2. The molecule has 0 aromatic carbocycles. The van der Waals surface area contributed by atoms with Crippen LogP contribution in [0.25, 0.3) is 0 Å². The predicted octanol–water partition coefficient (Wildman–Crippen LogP) is 1.89. The van der Waals surface area contributed by atoms with Crippen LogP contribution in [0.15, 0.2) is 23.3 Å². The average molecular weight is 366 g/mol. The third kappa shape index (κ3) is 8.49. The predicted molar refractivity (Wildman–Crippen MR) is 107 cm³/mol. The molecule has 1 heterocycles. The molecule has 0 amide bonds. The second-order valence-corrected chi connectivity index (χ2v) is 6.62. The lowest BCUT2D eigenvalue weighted by Crippen LogP contribution is -2.45. The van der Waals surface area contributed by atoms with Gasteiger partial charge in [-0.1, -0.05) is 6.07 Å². The zero-order valence-electron chi connectivity index (χ0n) is 17.1. The van der Waals surface area contributed by atoms with Crippen molar-refractivity contribution in [2.45, 2.75) is 46.3 Å². The summed E-state index contributed by atoms with van der Waals surface area (Å²) in [5.41, 5.74) is 1.07. The quantitative estimate of drug-likeness (QED) is 0.354. The van der Waals surface area contributed by atoms with E-state index in [-0.39, 0.29) is 0 Å². The van der Waals surface area contributed by atoms with Gasteiger partial charge in [-0.15, -0.1) is 0 Å². The number of pyridine rings is 1. The summed E-state index contributed by atoms with van der Waals surface area (Å²) in [4.78, 5) is 11.0. The van der Waals surface area contributed by atoms with Crippen LogP contribution in [0.2, 0.25) is 0 Å². The molecule has 1 aromatic rings. The number of guanidine groups is 1. The Kier molecular flexibility index (Phi) is 10.7. The van der Waals surface area contributed by atoms with Crippen LogP contribution in [0.4, 0.5) is 0 Å². The summed E-state index contributed by atoms with van der Waals surface area (Å²) in [5, 5.41) is 6.67. The maximum Gasteiger partial charge on any atom is 0.213 e. The fourth-order valence-electron chi connectivity index (χ4n) is 2.65. The van der Waals surface area contributed by atoms with Gasteiger partial charge in [0.05, 0.1) is 6.61 Å². The highest BCUT2D eigenvalue weighted by atomic mass is 16.5. The molecule has 0 spiro atoms. The zero-order chi connectivity index (χ0) is 19.4. The Balaban J connectivity index is 2.37. The van der Waals surface area contributed by atoms with Gasteiger partial charge in [0, 0.05) is 58.1 Å². The summed E-state index contributed by atoms with van der Waals surface area (Å²) in [5.74, 6) is 1.40. The molecule has 0 bridgehead atoms. The molecule has 0 fully saturated rings. The number of nitrogens with one attached hydrogen (secondary N) is 2. The minimum absolute atomic E-state index is 0.501. The van der Waals surface area contributed by atoms with E-state index in [1.165, 1.54) is 0 Å². The highest BCUT2D eigenvalue weighted by Gasteiger charge is 2.12. The van der Waals surface area contributed by atoms with Crippen molar-refractivity contribution in [3.8, 4) is 5.88 Å². The summed E-state index contributed by atoms with van der Waals surface area (Å²) in [7, 11) is 3.43. The first-order valence-electron chi connectivity index (χ1n) is 9.24. The fraction of sp³-hybridized carbons (Fsp3) is 0.684. The van der Waals surface area contributed by atoms with Crippen molar-refractivity contribution in [2.75, 3.05) is 40.5 Å². The summed E-state index contributed by atoms with van der Waals surface area (Å²) in [6.07, 6.45) is 1.81. The van der Waals surface area contributed by atoms with E-state index in [0.29, 0.717) is 37.7 Å². The number of ether oxygens (including phenoxy) is 2. The number of nitrogens with zero attached hydrogens (tertiary/aromatic N) is 3. The Morgan fingerprint density at radius 1 is 1.15 bits per heavy atom. The first-order valence-corrected chi connectivity index (χ1v) is 9.24. The van der Waals surface area contributed by atoms with E-state index in [2.05, 4.69) is 53.2 Å². The first kappa shape index (κ1) is 22.2. The monoisotopic (exact) mass is 365 g/mol. The normalized spacial score (nSPS) is 12.1. The van der Waals surface area contributed by atoms with Crippen LogP contribution in [0.3, 0.4) is 0 Å². The van der Waals surface area contributed by atoms with Crippen molar-refractivity contribution in [2.24, 2.45) is 4.99 Å². The van der Waals surface area contributed by atoms with Crippen molar-refractivity contribution in [3.05, 3.63) is 23.9 Å². The highest BCUT2D eigenvalue weighted by molar-refractivity contribution is 5.79. The molecule has 0 saturated heterocycles. The topological polar surface area (TPSA) is 71.0 Å². The van der Waals surface area contributed by atoms with Gasteiger partial charge in [0.1, 0.15) is 6.61 Å². The van der Waals surface area contributed by atoms with Crippen LogP contribution in [0, 0.1) is 0 Å². The number of hydrogen-bond donors (Lipinski definition) is 2. The lowest BCUT2D eigenvalue weighted by Gasteiger charge is -2.30. The van der Waals surface area contributed by atoms with E-state index in [9.17, 15) is 0 Å². The lowest BCUT2D eigenvalue weighted by molar-refractivity contribution is 0.143. The second-order valence-electron chi connectivity index (χ2n) is 6.62. The van der Waals surface area contributed by atoms with Crippen LogP contribution < -0.4 is 15.4 Å². The number of hydrogen-bond acceptors (Lipinski definition) is 5. The molecule has 1 rings (SSSR count). The summed E-state index contributed by atoms with van der Waals surface area (Å²) in [6.45, 7) is 12.4. The van der Waals surface area contributed by atoms with E-state index in [1.54, 1.807) is 14.2 Å². The first-order chi connectivity index (χ1) is 12.5. The Bertz CT molecular complexity index is 509. The van der Waals surface area contributed by atoms with Crippen molar-refractivity contribution in [3.63, 3.8) is 0 Å². The highest BCUT2D eigenvalue weighted by Crippen LogP contribution is 2.07. The molecule has 0 unspecified atom stereocenters.